The molecule has 0 N–H and O–H groups in total. The maximum Gasteiger partial charge on any atom is 0.338 e. The molecule has 0 bridgehead atoms. The number of piperidine rings is 1. The van der Waals surface area contributed by atoms with Crippen molar-refractivity contribution in [1.82, 2.24) is 4.31 Å². The van der Waals surface area contributed by atoms with E-state index >= 15 is 0 Å². The Balaban J connectivity index is 2.20. The molecule has 0 aromatic rings. The lowest BCUT2D eigenvalue weighted by molar-refractivity contribution is 0.137. The summed E-state index contributed by atoms with van der Waals surface area (Å²) < 4.78 is 28.9. The molecule has 2 saturated heterocycles. The zero-order chi connectivity index (χ0) is 8.60. The molecule has 2 heterocycles. The molecule has 0 radical (unpaired) electrons. The van der Waals surface area contributed by atoms with E-state index in [1.807, 2.05) is 0 Å². The molecule has 2 aliphatic rings. The van der Waals surface area contributed by atoms with Gasteiger partial charge in [-0.1, -0.05) is 6.42 Å². The van der Waals surface area contributed by atoms with Gasteiger partial charge in [0.15, 0.2) is 0 Å². The fourth-order valence-corrected chi connectivity index (χ4v) is 3.28. The SMILES string of the molecule is O=S1(=O)OCC[C@H]2CCCCN21. The lowest BCUT2D eigenvalue weighted by Crippen LogP contribution is -2.48. The Kier molecular flexibility index (Phi) is 2.10. The summed E-state index contributed by atoms with van der Waals surface area (Å²) in [6.45, 7) is 1.01. The van der Waals surface area contributed by atoms with E-state index in [-0.39, 0.29) is 6.04 Å². The van der Waals surface area contributed by atoms with Crippen LogP contribution < -0.4 is 0 Å². The largest absolute Gasteiger partial charge is 0.338 e. The van der Waals surface area contributed by atoms with E-state index in [1.165, 1.54) is 4.31 Å². The first-order valence-corrected chi connectivity index (χ1v) is 5.73. The summed E-state index contributed by atoms with van der Waals surface area (Å²) in [7, 11) is -3.35. The molecule has 2 aliphatic heterocycles. The summed E-state index contributed by atoms with van der Waals surface area (Å²) in [6, 6.07) is 0.220. The molecule has 0 aliphatic carbocycles. The molecule has 0 aromatic carbocycles. The molecule has 4 nitrogen and oxygen atoms in total. The van der Waals surface area contributed by atoms with Gasteiger partial charge >= 0.3 is 10.3 Å². The van der Waals surface area contributed by atoms with Crippen molar-refractivity contribution < 1.29 is 12.6 Å². The predicted molar refractivity (Wildman–Crippen MR) is 43.8 cm³/mol. The molecule has 0 unspecified atom stereocenters. The van der Waals surface area contributed by atoms with Crippen LogP contribution in [0.1, 0.15) is 25.7 Å². The number of rotatable bonds is 0. The zero-order valence-electron chi connectivity index (χ0n) is 6.90. The first-order chi connectivity index (χ1) is 5.70. The van der Waals surface area contributed by atoms with E-state index in [1.54, 1.807) is 0 Å². The third-order valence-corrected chi connectivity index (χ3v) is 4.06. The molecule has 5 heteroatoms. The molecule has 0 saturated carbocycles. The van der Waals surface area contributed by atoms with Gasteiger partial charge in [0, 0.05) is 12.6 Å². The third-order valence-electron chi connectivity index (χ3n) is 2.54. The van der Waals surface area contributed by atoms with Crippen LogP contribution in [-0.4, -0.2) is 31.9 Å². The summed E-state index contributed by atoms with van der Waals surface area (Å²) in [5, 5.41) is 0. The van der Waals surface area contributed by atoms with E-state index in [4.69, 9.17) is 4.18 Å². The lowest BCUT2D eigenvalue weighted by Gasteiger charge is -2.37. The second kappa shape index (κ2) is 2.97. The Labute approximate surface area is 72.8 Å². The van der Waals surface area contributed by atoms with Crippen molar-refractivity contribution in [3.8, 4) is 0 Å². The Bertz CT molecular complexity index is 260. The number of hydrogen-bond acceptors (Lipinski definition) is 3. The monoisotopic (exact) mass is 191 g/mol. The average molecular weight is 191 g/mol. The van der Waals surface area contributed by atoms with Gasteiger partial charge in [0.1, 0.15) is 0 Å². The van der Waals surface area contributed by atoms with E-state index in [0.29, 0.717) is 13.2 Å². The molecular formula is C7H13NO3S. The van der Waals surface area contributed by atoms with Gasteiger partial charge in [-0.3, -0.25) is 4.18 Å². The molecule has 0 aromatic heterocycles. The highest BCUT2D eigenvalue weighted by molar-refractivity contribution is 7.84. The Morgan fingerprint density at radius 1 is 1.25 bits per heavy atom. The van der Waals surface area contributed by atoms with E-state index in [9.17, 15) is 8.42 Å². The van der Waals surface area contributed by atoms with Crippen LogP contribution in [0.4, 0.5) is 0 Å². The summed E-state index contributed by atoms with van der Waals surface area (Å²) in [4.78, 5) is 0. The van der Waals surface area contributed by atoms with E-state index < -0.39 is 10.3 Å². The van der Waals surface area contributed by atoms with Crippen LogP contribution in [0.5, 0.6) is 0 Å². The van der Waals surface area contributed by atoms with Crippen molar-refractivity contribution in [2.75, 3.05) is 13.2 Å². The minimum absolute atomic E-state index is 0.220. The second-order valence-electron chi connectivity index (χ2n) is 3.33. The molecule has 1 atom stereocenters. The van der Waals surface area contributed by atoms with Crippen LogP contribution >= 0.6 is 0 Å². The van der Waals surface area contributed by atoms with E-state index in [2.05, 4.69) is 0 Å². The van der Waals surface area contributed by atoms with Gasteiger partial charge in [0.2, 0.25) is 0 Å². The summed E-state index contributed by atoms with van der Waals surface area (Å²) in [5.41, 5.74) is 0. The van der Waals surface area contributed by atoms with Crippen molar-refractivity contribution in [3.63, 3.8) is 0 Å². The van der Waals surface area contributed by atoms with Crippen LogP contribution in [-0.2, 0) is 14.5 Å². The lowest BCUT2D eigenvalue weighted by atomic mass is 10.0. The smallest absolute Gasteiger partial charge is 0.258 e. The maximum absolute atomic E-state index is 11.3. The molecule has 70 valence electrons. The van der Waals surface area contributed by atoms with Gasteiger partial charge < -0.3 is 0 Å². The zero-order valence-corrected chi connectivity index (χ0v) is 7.72. The van der Waals surface area contributed by atoms with Crippen molar-refractivity contribution in [3.05, 3.63) is 0 Å². The van der Waals surface area contributed by atoms with Gasteiger partial charge in [-0.25, -0.2) is 0 Å². The van der Waals surface area contributed by atoms with Crippen LogP contribution in [0.25, 0.3) is 0 Å². The summed E-state index contributed by atoms with van der Waals surface area (Å²) >= 11 is 0. The number of hydrogen-bond donors (Lipinski definition) is 0. The quantitative estimate of drug-likeness (QED) is 0.560. The highest BCUT2D eigenvalue weighted by Crippen LogP contribution is 2.26. The van der Waals surface area contributed by atoms with Crippen LogP contribution in [0, 0.1) is 0 Å². The summed E-state index contributed by atoms with van der Waals surface area (Å²) in [5.74, 6) is 0. The van der Waals surface area contributed by atoms with Crippen LogP contribution in [0.2, 0.25) is 0 Å². The van der Waals surface area contributed by atoms with Crippen LogP contribution in [0.3, 0.4) is 0 Å². The Morgan fingerprint density at radius 2 is 2.08 bits per heavy atom. The minimum atomic E-state index is -3.35. The fourth-order valence-electron chi connectivity index (χ4n) is 1.91. The normalized spacial score (nSPS) is 35.8. The average Bonchev–Trinajstić information content (AvgIpc) is 2.04. The van der Waals surface area contributed by atoms with Crippen LogP contribution in [0.15, 0.2) is 0 Å². The first-order valence-electron chi connectivity index (χ1n) is 4.36. The van der Waals surface area contributed by atoms with Gasteiger partial charge in [-0.05, 0) is 19.3 Å². The first kappa shape index (κ1) is 8.47. The predicted octanol–water partition coefficient (Wildman–Crippen LogP) is 0.506. The number of nitrogens with zero attached hydrogens (tertiary/aromatic N) is 1. The molecule has 2 fully saturated rings. The molecule has 0 spiro atoms. The summed E-state index contributed by atoms with van der Waals surface area (Å²) in [6.07, 6.45) is 3.98. The standard InChI is InChI=1S/C7H13NO3S/c9-12(10)8-5-2-1-3-7(8)4-6-11-12/h7H,1-6H2/t7-/m1/s1. The van der Waals surface area contributed by atoms with Crippen molar-refractivity contribution in [2.45, 2.75) is 31.7 Å². The second-order valence-corrected chi connectivity index (χ2v) is 4.89. The maximum atomic E-state index is 11.3. The van der Waals surface area contributed by atoms with Crippen molar-refractivity contribution in [1.29, 1.82) is 0 Å². The Hall–Kier alpha value is -0.130. The molecular weight excluding hydrogens is 178 g/mol. The van der Waals surface area contributed by atoms with Crippen molar-refractivity contribution in [2.24, 2.45) is 0 Å². The van der Waals surface area contributed by atoms with Gasteiger partial charge in [-0.2, -0.15) is 12.7 Å². The topological polar surface area (TPSA) is 46.6 Å². The molecule has 2 rings (SSSR count). The Morgan fingerprint density at radius 3 is 2.83 bits per heavy atom. The third kappa shape index (κ3) is 1.36. The van der Waals surface area contributed by atoms with Gasteiger partial charge in [-0.15, -0.1) is 0 Å². The van der Waals surface area contributed by atoms with Gasteiger partial charge in [0.05, 0.1) is 6.61 Å². The van der Waals surface area contributed by atoms with Gasteiger partial charge in [0.25, 0.3) is 0 Å². The molecule has 0 amide bonds. The highest BCUT2D eigenvalue weighted by Gasteiger charge is 2.36. The highest BCUT2D eigenvalue weighted by atomic mass is 32.2. The fraction of sp³-hybridized carbons (Fsp3) is 1.00. The molecule has 12 heavy (non-hydrogen) atoms. The number of fused-ring (bicyclic) bond motifs is 1. The minimum Gasteiger partial charge on any atom is -0.258 e. The van der Waals surface area contributed by atoms with Crippen molar-refractivity contribution >= 4 is 10.3 Å². The van der Waals surface area contributed by atoms with E-state index in [0.717, 1.165) is 25.7 Å².